The van der Waals surface area contributed by atoms with Gasteiger partial charge in [0.1, 0.15) is 6.10 Å². The molecule has 0 spiro atoms. The minimum atomic E-state index is -0.328. The van der Waals surface area contributed by atoms with E-state index in [-0.39, 0.29) is 18.2 Å². The number of para-hydroxylation sites is 2. The summed E-state index contributed by atoms with van der Waals surface area (Å²) in [5.41, 5.74) is 4.31. The molecule has 8 nitrogen and oxygen atoms in total. The number of urea groups is 1. The molecule has 4 aromatic rings. The zero-order valence-electron chi connectivity index (χ0n) is 22.8. The quantitative estimate of drug-likeness (QED) is 0.289. The van der Waals surface area contributed by atoms with Crippen LogP contribution < -0.4 is 15.5 Å². The molecule has 40 heavy (non-hydrogen) atoms. The van der Waals surface area contributed by atoms with Gasteiger partial charge in [0.05, 0.1) is 17.7 Å². The van der Waals surface area contributed by atoms with Gasteiger partial charge in [0.25, 0.3) is 0 Å². The third-order valence-corrected chi connectivity index (χ3v) is 7.08. The summed E-state index contributed by atoms with van der Waals surface area (Å²) < 4.78 is 5.96. The van der Waals surface area contributed by atoms with Gasteiger partial charge in [-0.2, -0.15) is 0 Å². The molecule has 0 unspecified atom stereocenters. The highest BCUT2D eigenvalue weighted by atomic mass is 16.6. The van der Waals surface area contributed by atoms with Crippen LogP contribution in [-0.2, 0) is 11.3 Å². The molecule has 0 atom stereocenters. The second-order valence-electron chi connectivity index (χ2n) is 10.0. The number of hydrogen-bond acceptors (Lipinski definition) is 5. The van der Waals surface area contributed by atoms with Crippen molar-refractivity contribution in [1.29, 1.82) is 0 Å². The topological polar surface area (TPSA) is 86.8 Å². The van der Waals surface area contributed by atoms with Crippen LogP contribution in [0.2, 0.25) is 0 Å². The third-order valence-electron chi connectivity index (χ3n) is 7.08. The Labute approximate surface area is 235 Å². The van der Waals surface area contributed by atoms with Crippen molar-refractivity contribution in [1.82, 2.24) is 15.2 Å². The first kappa shape index (κ1) is 27.1. The Morgan fingerprint density at radius 1 is 0.950 bits per heavy atom. The predicted octanol–water partition coefficient (Wildman–Crippen LogP) is 5.97. The summed E-state index contributed by atoms with van der Waals surface area (Å²) in [6, 6.07) is 29.0. The number of fused-ring (bicyclic) bond motifs is 1. The van der Waals surface area contributed by atoms with Crippen LogP contribution >= 0.6 is 0 Å². The van der Waals surface area contributed by atoms with Gasteiger partial charge in [0.15, 0.2) is 0 Å². The number of rotatable bonds is 8. The van der Waals surface area contributed by atoms with Crippen LogP contribution in [0.1, 0.15) is 24.1 Å². The molecule has 1 fully saturated rings. The lowest BCUT2D eigenvalue weighted by Crippen LogP contribution is -2.43. The van der Waals surface area contributed by atoms with Crippen LogP contribution in [-0.4, -0.2) is 54.3 Å². The Morgan fingerprint density at radius 2 is 1.62 bits per heavy atom. The molecule has 3 aromatic carbocycles. The van der Waals surface area contributed by atoms with E-state index < -0.39 is 0 Å². The number of carbonyl (C=O) groups is 2. The molecule has 8 heteroatoms. The van der Waals surface area contributed by atoms with Crippen molar-refractivity contribution >= 4 is 34.4 Å². The maximum absolute atomic E-state index is 13.2. The lowest BCUT2D eigenvalue weighted by atomic mass is 10.1. The van der Waals surface area contributed by atoms with Gasteiger partial charge in [-0.15, -0.1) is 0 Å². The third kappa shape index (κ3) is 7.15. The molecule has 1 aliphatic rings. The van der Waals surface area contributed by atoms with Crippen molar-refractivity contribution in [2.45, 2.75) is 32.4 Å². The first-order valence-electron chi connectivity index (χ1n) is 13.8. The Balaban J connectivity index is 1.08. The number of aromatic nitrogens is 1. The number of piperidine rings is 1. The summed E-state index contributed by atoms with van der Waals surface area (Å²) in [5.74, 6) is 0. The molecule has 0 saturated carbocycles. The highest BCUT2D eigenvalue weighted by molar-refractivity contribution is 6.00. The number of anilines is 2. The largest absolute Gasteiger partial charge is 0.446 e. The smallest absolute Gasteiger partial charge is 0.414 e. The first-order chi connectivity index (χ1) is 19.5. The Hall–Kier alpha value is -4.43. The van der Waals surface area contributed by atoms with E-state index in [1.807, 2.05) is 97.9 Å². The van der Waals surface area contributed by atoms with Gasteiger partial charge in [-0.05, 0) is 49.6 Å². The lowest BCUT2D eigenvalue weighted by molar-refractivity contribution is 0.0551. The van der Waals surface area contributed by atoms with Gasteiger partial charge in [-0.1, -0.05) is 66.7 Å². The molecule has 2 heterocycles. The van der Waals surface area contributed by atoms with Gasteiger partial charge in [0, 0.05) is 42.9 Å². The van der Waals surface area contributed by atoms with Crippen molar-refractivity contribution in [2.24, 2.45) is 0 Å². The van der Waals surface area contributed by atoms with Crippen molar-refractivity contribution in [3.05, 3.63) is 102 Å². The van der Waals surface area contributed by atoms with Crippen molar-refractivity contribution in [3.63, 3.8) is 0 Å². The fraction of sp³-hybridized carbons (Fsp3) is 0.281. The second-order valence-corrected chi connectivity index (χ2v) is 10.0. The number of carbonyl (C=O) groups excluding carboxylic acids is 2. The monoisotopic (exact) mass is 537 g/mol. The summed E-state index contributed by atoms with van der Waals surface area (Å²) in [4.78, 5) is 34.3. The molecule has 206 valence electrons. The minimum absolute atomic E-state index is 0.134. The zero-order valence-corrected chi connectivity index (χ0v) is 22.8. The summed E-state index contributed by atoms with van der Waals surface area (Å²) in [5, 5.41) is 6.83. The fourth-order valence-corrected chi connectivity index (χ4v) is 5.00. The highest BCUT2D eigenvalue weighted by Crippen LogP contribution is 2.23. The average molecular weight is 538 g/mol. The first-order valence-corrected chi connectivity index (χ1v) is 13.8. The van der Waals surface area contributed by atoms with Gasteiger partial charge in [-0.25, -0.2) is 9.59 Å². The normalized spacial score (nSPS) is 14.0. The molecule has 3 amide bonds. The van der Waals surface area contributed by atoms with E-state index in [0.29, 0.717) is 13.1 Å². The number of benzene rings is 3. The number of ether oxygens (including phenoxy) is 1. The van der Waals surface area contributed by atoms with Crippen LogP contribution in [0.5, 0.6) is 0 Å². The van der Waals surface area contributed by atoms with Crippen LogP contribution in [0.25, 0.3) is 10.9 Å². The van der Waals surface area contributed by atoms with E-state index in [1.165, 1.54) is 0 Å². The average Bonchev–Trinajstić information content (AvgIpc) is 2.97. The molecule has 0 radical (unpaired) electrons. The SMILES string of the molecule is Cc1cc(NC(=O)NCCN2CCC(OC(=O)N(Cc3ccccc3)c3ccccc3)CC2)c2ccccc2n1. The number of aryl methyl sites for hydroxylation is 1. The van der Waals surface area contributed by atoms with E-state index in [1.54, 1.807) is 4.90 Å². The Morgan fingerprint density at radius 3 is 2.38 bits per heavy atom. The van der Waals surface area contributed by atoms with Gasteiger partial charge >= 0.3 is 12.1 Å². The van der Waals surface area contributed by atoms with Crippen LogP contribution in [0, 0.1) is 6.92 Å². The minimum Gasteiger partial charge on any atom is -0.446 e. The molecule has 5 rings (SSSR count). The van der Waals surface area contributed by atoms with Gasteiger partial charge in [0.2, 0.25) is 0 Å². The van der Waals surface area contributed by atoms with E-state index in [0.717, 1.165) is 66.0 Å². The van der Waals surface area contributed by atoms with Crippen molar-refractivity contribution in [2.75, 3.05) is 36.4 Å². The van der Waals surface area contributed by atoms with Gasteiger partial charge < -0.3 is 20.3 Å². The van der Waals surface area contributed by atoms with E-state index >= 15 is 0 Å². The maximum atomic E-state index is 13.2. The second kappa shape index (κ2) is 13.1. The van der Waals surface area contributed by atoms with Crippen molar-refractivity contribution < 1.29 is 14.3 Å². The summed E-state index contributed by atoms with van der Waals surface area (Å²) in [7, 11) is 0. The van der Waals surface area contributed by atoms with Crippen molar-refractivity contribution in [3.8, 4) is 0 Å². The molecule has 1 saturated heterocycles. The fourth-order valence-electron chi connectivity index (χ4n) is 5.00. The number of nitrogens with zero attached hydrogens (tertiary/aromatic N) is 3. The zero-order chi connectivity index (χ0) is 27.7. The molecule has 1 aliphatic heterocycles. The predicted molar refractivity (Wildman–Crippen MR) is 159 cm³/mol. The Kier molecular flexibility index (Phi) is 8.88. The number of pyridine rings is 1. The summed E-state index contributed by atoms with van der Waals surface area (Å²) in [6.45, 7) is 5.23. The highest BCUT2D eigenvalue weighted by Gasteiger charge is 2.26. The number of amides is 3. The molecule has 0 aliphatic carbocycles. The summed E-state index contributed by atoms with van der Waals surface area (Å²) in [6.07, 6.45) is 1.05. The van der Waals surface area contributed by atoms with Crippen LogP contribution in [0.4, 0.5) is 21.0 Å². The van der Waals surface area contributed by atoms with Crippen LogP contribution in [0.15, 0.2) is 91.0 Å². The molecule has 1 aromatic heterocycles. The Bertz CT molecular complexity index is 1420. The van der Waals surface area contributed by atoms with E-state index in [9.17, 15) is 9.59 Å². The molecular formula is C32H35N5O3. The lowest BCUT2D eigenvalue weighted by Gasteiger charge is -2.33. The standard InChI is InChI=1S/C32H35N5O3/c1-24-22-30(28-14-8-9-15-29(28)34-24)35-31(38)33-18-21-36-19-16-27(17-20-36)40-32(39)37(26-12-6-3-7-13-26)23-25-10-4-2-5-11-25/h2-15,22,27H,16-21,23H2,1H3,(H2,33,34,35,38). The van der Waals surface area contributed by atoms with E-state index in [2.05, 4.69) is 20.5 Å². The number of hydrogen-bond donors (Lipinski definition) is 2. The number of nitrogens with one attached hydrogen (secondary N) is 2. The number of likely N-dealkylation sites (tertiary alicyclic amines) is 1. The van der Waals surface area contributed by atoms with Crippen LogP contribution in [0.3, 0.4) is 0 Å². The summed E-state index contributed by atoms with van der Waals surface area (Å²) >= 11 is 0. The molecule has 0 bridgehead atoms. The molecular weight excluding hydrogens is 502 g/mol. The van der Waals surface area contributed by atoms with Gasteiger partial charge in [-0.3, -0.25) is 9.88 Å². The molecule has 2 N–H and O–H groups in total. The maximum Gasteiger partial charge on any atom is 0.414 e. The van der Waals surface area contributed by atoms with E-state index in [4.69, 9.17) is 4.74 Å².